The fourth-order valence-electron chi connectivity index (χ4n) is 2.90. The Morgan fingerprint density at radius 1 is 1.26 bits per heavy atom. The van der Waals surface area contributed by atoms with E-state index < -0.39 is 29.7 Å². The zero-order chi connectivity index (χ0) is 17.1. The largest absolute Gasteiger partial charge is 0.480 e. The SMILES string of the molecule is CNC(=O)[C@H]1CC[C@@H](C(=O)O)N(C(=O)c2cc(C)cc(F)c2)C1. The Morgan fingerprint density at radius 3 is 2.52 bits per heavy atom. The number of nitrogens with one attached hydrogen (secondary N) is 1. The predicted molar refractivity (Wildman–Crippen MR) is 80.4 cm³/mol. The molecule has 0 aliphatic carbocycles. The van der Waals surface area contributed by atoms with Gasteiger partial charge >= 0.3 is 5.97 Å². The van der Waals surface area contributed by atoms with Crippen LogP contribution in [-0.2, 0) is 9.59 Å². The van der Waals surface area contributed by atoms with E-state index in [1.807, 2.05) is 0 Å². The molecular formula is C16H19FN2O4. The van der Waals surface area contributed by atoms with Crippen molar-refractivity contribution in [2.45, 2.75) is 25.8 Å². The number of benzene rings is 1. The molecule has 2 atom stereocenters. The normalized spacial score (nSPS) is 20.9. The van der Waals surface area contributed by atoms with Crippen LogP contribution in [0, 0.1) is 18.7 Å². The van der Waals surface area contributed by atoms with Crippen molar-refractivity contribution in [3.63, 3.8) is 0 Å². The van der Waals surface area contributed by atoms with Crippen molar-refractivity contribution in [1.29, 1.82) is 0 Å². The maximum atomic E-state index is 13.5. The number of carbonyl (C=O) groups is 3. The van der Waals surface area contributed by atoms with Gasteiger partial charge in [-0.2, -0.15) is 0 Å². The zero-order valence-corrected chi connectivity index (χ0v) is 13.0. The van der Waals surface area contributed by atoms with Crippen LogP contribution in [-0.4, -0.2) is 47.4 Å². The van der Waals surface area contributed by atoms with Gasteiger partial charge in [0.25, 0.3) is 5.91 Å². The van der Waals surface area contributed by atoms with Crippen molar-refractivity contribution in [1.82, 2.24) is 10.2 Å². The molecule has 1 heterocycles. The number of carbonyl (C=O) groups excluding carboxylic acids is 2. The number of halogens is 1. The smallest absolute Gasteiger partial charge is 0.326 e. The molecule has 0 radical (unpaired) electrons. The van der Waals surface area contributed by atoms with Crippen molar-refractivity contribution < 1.29 is 23.9 Å². The number of carboxylic acid groups (broad SMARTS) is 1. The molecule has 0 aromatic heterocycles. The number of amides is 2. The van der Waals surface area contributed by atoms with Crippen molar-refractivity contribution in [2.75, 3.05) is 13.6 Å². The molecule has 2 N–H and O–H groups in total. The number of carboxylic acids is 1. The van der Waals surface area contributed by atoms with Crippen LogP contribution in [0.5, 0.6) is 0 Å². The van der Waals surface area contributed by atoms with E-state index in [1.54, 1.807) is 6.92 Å². The summed E-state index contributed by atoms with van der Waals surface area (Å²) in [4.78, 5) is 37.0. The molecule has 7 heteroatoms. The maximum Gasteiger partial charge on any atom is 0.326 e. The lowest BCUT2D eigenvalue weighted by atomic mass is 9.91. The number of hydrogen-bond acceptors (Lipinski definition) is 3. The number of hydrogen-bond donors (Lipinski definition) is 2. The zero-order valence-electron chi connectivity index (χ0n) is 13.0. The minimum atomic E-state index is -1.12. The van der Waals surface area contributed by atoms with E-state index in [-0.39, 0.29) is 24.4 Å². The number of rotatable bonds is 3. The summed E-state index contributed by atoms with van der Waals surface area (Å²) in [6.45, 7) is 1.66. The van der Waals surface area contributed by atoms with Crippen LogP contribution < -0.4 is 5.32 Å². The second-order valence-corrected chi connectivity index (χ2v) is 5.72. The molecule has 23 heavy (non-hydrogen) atoms. The summed E-state index contributed by atoms with van der Waals surface area (Å²) in [7, 11) is 1.49. The molecule has 1 saturated heterocycles. The van der Waals surface area contributed by atoms with E-state index in [1.165, 1.54) is 19.2 Å². The van der Waals surface area contributed by atoms with Gasteiger partial charge in [-0.25, -0.2) is 9.18 Å². The number of aryl methyl sites for hydroxylation is 1. The highest BCUT2D eigenvalue weighted by Gasteiger charge is 2.38. The second-order valence-electron chi connectivity index (χ2n) is 5.72. The van der Waals surface area contributed by atoms with Gasteiger partial charge in [0.05, 0.1) is 5.92 Å². The van der Waals surface area contributed by atoms with Crippen molar-refractivity contribution in [3.8, 4) is 0 Å². The standard InChI is InChI=1S/C16H19FN2O4/c1-9-5-11(7-12(17)6-9)15(21)19-8-10(14(20)18-2)3-4-13(19)16(22)23/h5-7,10,13H,3-4,8H2,1-2H3,(H,18,20)(H,22,23)/t10-,13-/m0/s1. The first-order chi connectivity index (χ1) is 10.8. The quantitative estimate of drug-likeness (QED) is 0.875. The predicted octanol–water partition coefficient (Wildman–Crippen LogP) is 1.19. The van der Waals surface area contributed by atoms with Crippen LogP contribution in [0.25, 0.3) is 0 Å². The van der Waals surface area contributed by atoms with E-state index in [0.29, 0.717) is 12.0 Å². The molecule has 0 saturated carbocycles. The van der Waals surface area contributed by atoms with Crippen LogP contribution in [0.15, 0.2) is 18.2 Å². The molecule has 124 valence electrons. The fraction of sp³-hybridized carbons (Fsp3) is 0.438. The van der Waals surface area contributed by atoms with Crippen LogP contribution in [0.2, 0.25) is 0 Å². The molecule has 2 amide bonds. The van der Waals surface area contributed by atoms with Gasteiger partial charge < -0.3 is 15.3 Å². The topological polar surface area (TPSA) is 86.7 Å². The highest BCUT2D eigenvalue weighted by Crippen LogP contribution is 2.25. The van der Waals surface area contributed by atoms with E-state index in [0.717, 1.165) is 11.0 Å². The number of piperidine rings is 1. The molecule has 0 unspecified atom stereocenters. The summed E-state index contributed by atoms with van der Waals surface area (Å²) < 4.78 is 13.5. The molecule has 0 spiro atoms. The third kappa shape index (κ3) is 3.67. The van der Waals surface area contributed by atoms with Gasteiger partial charge in [-0.15, -0.1) is 0 Å². The average molecular weight is 322 g/mol. The summed E-state index contributed by atoms with van der Waals surface area (Å²) in [6.07, 6.45) is 0.579. The lowest BCUT2D eigenvalue weighted by molar-refractivity contribution is -0.145. The highest BCUT2D eigenvalue weighted by molar-refractivity contribution is 5.97. The maximum absolute atomic E-state index is 13.5. The Morgan fingerprint density at radius 2 is 1.96 bits per heavy atom. The number of likely N-dealkylation sites (tertiary alicyclic amines) is 1. The van der Waals surface area contributed by atoms with Crippen LogP contribution >= 0.6 is 0 Å². The molecule has 1 aliphatic rings. The van der Waals surface area contributed by atoms with Crippen LogP contribution in [0.1, 0.15) is 28.8 Å². The molecular weight excluding hydrogens is 303 g/mol. The first-order valence-corrected chi connectivity index (χ1v) is 7.36. The molecule has 1 fully saturated rings. The Kier molecular flexibility index (Phi) is 4.98. The average Bonchev–Trinajstić information content (AvgIpc) is 2.51. The first kappa shape index (κ1) is 16.9. The number of nitrogens with zero attached hydrogens (tertiary/aromatic N) is 1. The Labute approximate surface area is 133 Å². The second kappa shape index (κ2) is 6.76. The Balaban J connectivity index is 2.31. The molecule has 1 aromatic carbocycles. The summed E-state index contributed by atoms with van der Waals surface area (Å²) in [5.41, 5.74) is 0.659. The summed E-state index contributed by atoms with van der Waals surface area (Å²) >= 11 is 0. The van der Waals surface area contributed by atoms with E-state index in [9.17, 15) is 23.9 Å². The van der Waals surface area contributed by atoms with Gasteiger partial charge in [0, 0.05) is 19.2 Å². The van der Waals surface area contributed by atoms with Gasteiger partial charge in [0.1, 0.15) is 11.9 Å². The van der Waals surface area contributed by atoms with Gasteiger partial charge in [0.2, 0.25) is 5.91 Å². The lowest BCUT2D eigenvalue weighted by Gasteiger charge is -2.36. The molecule has 1 aromatic rings. The third-order valence-electron chi connectivity index (χ3n) is 4.03. The fourth-order valence-corrected chi connectivity index (χ4v) is 2.90. The van der Waals surface area contributed by atoms with Gasteiger partial charge in [-0.05, 0) is 43.5 Å². The Hall–Kier alpha value is -2.44. The molecule has 2 rings (SSSR count). The van der Waals surface area contributed by atoms with Crippen LogP contribution in [0.3, 0.4) is 0 Å². The molecule has 6 nitrogen and oxygen atoms in total. The minimum absolute atomic E-state index is 0.00499. The summed E-state index contributed by atoms with van der Waals surface area (Å²) in [6, 6.07) is 2.87. The van der Waals surface area contributed by atoms with Crippen molar-refractivity contribution in [3.05, 3.63) is 35.1 Å². The lowest BCUT2D eigenvalue weighted by Crippen LogP contribution is -2.53. The van der Waals surface area contributed by atoms with Gasteiger partial charge in [0.15, 0.2) is 0 Å². The first-order valence-electron chi connectivity index (χ1n) is 7.36. The third-order valence-corrected chi connectivity index (χ3v) is 4.03. The molecule has 1 aliphatic heterocycles. The van der Waals surface area contributed by atoms with Gasteiger partial charge in [-0.1, -0.05) is 0 Å². The summed E-state index contributed by atoms with van der Waals surface area (Å²) in [5, 5.41) is 11.8. The Bertz CT molecular complexity index is 627. The monoisotopic (exact) mass is 322 g/mol. The van der Waals surface area contributed by atoms with E-state index >= 15 is 0 Å². The van der Waals surface area contributed by atoms with E-state index in [4.69, 9.17) is 0 Å². The number of aliphatic carboxylic acids is 1. The minimum Gasteiger partial charge on any atom is -0.480 e. The molecule has 0 bridgehead atoms. The van der Waals surface area contributed by atoms with Crippen LogP contribution in [0.4, 0.5) is 4.39 Å². The van der Waals surface area contributed by atoms with Crippen molar-refractivity contribution in [2.24, 2.45) is 5.92 Å². The van der Waals surface area contributed by atoms with E-state index in [2.05, 4.69) is 5.32 Å². The van der Waals surface area contributed by atoms with Crippen molar-refractivity contribution >= 4 is 17.8 Å². The summed E-state index contributed by atoms with van der Waals surface area (Å²) in [5.74, 6) is -2.95. The van der Waals surface area contributed by atoms with Gasteiger partial charge in [-0.3, -0.25) is 9.59 Å². The highest BCUT2D eigenvalue weighted by atomic mass is 19.1.